The summed E-state index contributed by atoms with van der Waals surface area (Å²) in [6.45, 7) is 2.03. The molecular formula is C18H15N3O. The highest BCUT2D eigenvalue weighted by Crippen LogP contribution is 2.16. The molecule has 0 spiro atoms. The Kier molecular flexibility index (Phi) is 3.92. The Morgan fingerprint density at radius 2 is 1.68 bits per heavy atom. The van der Waals surface area contributed by atoms with Gasteiger partial charge in [0.2, 0.25) is 0 Å². The maximum Gasteiger partial charge on any atom is 0.172 e. The lowest BCUT2D eigenvalue weighted by molar-refractivity contribution is 0.111. The molecule has 0 bridgehead atoms. The lowest BCUT2D eigenvalue weighted by atomic mass is 10.2. The molecule has 108 valence electrons. The molecule has 22 heavy (non-hydrogen) atoms. The van der Waals surface area contributed by atoms with E-state index in [2.05, 4.69) is 10.3 Å². The van der Waals surface area contributed by atoms with Crippen molar-refractivity contribution in [1.82, 2.24) is 15.0 Å². The zero-order chi connectivity index (χ0) is 15.4. The summed E-state index contributed by atoms with van der Waals surface area (Å²) >= 11 is 0. The highest BCUT2D eigenvalue weighted by atomic mass is 16.1. The van der Waals surface area contributed by atoms with E-state index in [1.54, 1.807) is 4.68 Å². The molecular weight excluding hydrogens is 274 g/mol. The number of nitrogens with zero attached hydrogens (tertiary/aromatic N) is 3. The van der Waals surface area contributed by atoms with Crippen LogP contribution in [-0.2, 0) is 0 Å². The van der Waals surface area contributed by atoms with E-state index >= 15 is 0 Å². The van der Waals surface area contributed by atoms with E-state index < -0.39 is 0 Å². The van der Waals surface area contributed by atoms with E-state index in [-0.39, 0.29) is 0 Å². The first-order valence-corrected chi connectivity index (χ1v) is 6.99. The fourth-order valence-electron chi connectivity index (χ4n) is 2.16. The second kappa shape index (κ2) is 6.18. The van der Waals surface area contributed by atoms with Gasteiger partial charge in [-0.15, -0.1) is 5.10 Å². The van der Waals surface area contributed by atoms with E-state index in [0.29, 0.717) is 11.4 Å². The molecule has 4 heteroatoms. The molecule has 0 N–H and O–H groups in total. The Balaban J connectivity index is 2.02. The minimum Gasteiger partial charge on any atom is -0.296 e. The smallest absolute Gasteiger partial charge is 0.172 e. The highest BCUT2D eigenvalue weighted by molar-refractivity contribution is 5.81. The van der Waals surface area contributed by atoms with Crippen molar-refractivity contribution >= 4 is 18.4 Å². The van der Waals surface area contributed by atoms with Gasteiger partial charge in [-0.1, -0.05) is 59.3 Å². The molecule has 0 unspecified atom stereocenters. The lowest BCUT2D eigenvalue weighted by Gasteiger charge is -2.04. The van der Waals surface area contributed by atoms with Gasteiger partial charge in [0.15, 0.2) is 12.0 Å². The first kappa shape index (κ1) is 13.9. The summed E-state index contributed by atoms with van der Waals surface area (Å²) < 4.78 is 1.67. The van der Waals surface area contributed by atoms with Gasteiger partial charge in [-0.25, -0.2) is 4.68 Å². The van der Waals surface area contributed by atoms with Crippen molar-refractivity contribution in [3.63, 3.8) is 0 Å². The predicted molar refractivity (Wildman–Crippen MR) is 86.9 cm³/mol. The molecule has 0 amide bonds. The zero-order valence-electron chi connectivity index (χ0n) is 12.2. The quantitative estimate of drug-likeness (QED) is 0.690. The molecule has 0 radical (unpaired) electrons. The zero-order valence-corrected chi connectivity index (χ0v) is 12.2. The fraction of sp³-hybridized carbons (Fsp3) is 0.0556. The minimum absolute atomic E-state index is 0.327. The van der Waals surface area contributed by atoms with Crippen LogP contribution in [0.4, 0.5) is 0 Å². The Bertz CT molecular complexity index is 802. The number of benzene rings is 2. The van der Waals surface area contributed by atoms with Gasteiger partial charge >= 0.3 is 0 Å². The highest BCUT2D eigenvalue weighted by Gasteiger charge is 2.10. The molecule has 3 rings (SSSR count). The molecule has 2 aromatic carbocycles. The number of carbonyl (C=O) groups is 1. The topological polar surface area (TPSA) is 47.8 Å². The first-order chi connectivity index (χ1) is 10.8. The third-order valence-corrected chi connectivity index (χ3v) is 3.36. The number of rotatable bonds is 4. The molecule has 0 saturated heterocycles. The molecule has 0 saturated carbocycles. The standard InChI is InChI=1S/C18H15N3O/c1-14-7-10-16(11-8-14)21-18(17(13-22)19-20-21)12-9-15-5-3-2-4-6-15/h2-13H,1H3/b12-9+. The van der Waals surface area contributed by atoms with Gasteiger partial charge in [-0.3, -0.25) is 4.79 Å². The number of hydrogen-bond donors (Lipinski definition) is 0. The SMILES string of the molecule is Cc1ccc(-n2nnc(C=O)c2/C=C/c2ccccc2)cc1. The number of carbonyl (C=O) groups excluding carboxylic acids is 1. The first-order valence-electron chi connectivity index (χ1n) is 6.99. The molecule has 1 aromatic heterocycles. The van der Waals surface area contributed by atoms with E-state index in [9.17, 15) is 4.79 Å². The van der Waals surface area contributed by atoms with Crippen molar-refractivity contribution in [2.75, 3.05) is 0 Å². The molecule has 0 fully saturated rings. The lowest BCUT2D eigenvalue weighted by Crippen LogP contribution is -1.99. The number of aryl methyl sites for hydroxylation is 1. The Morgan fingerprint density at radius 3 is 2.36 bits per heavy atom. The Morgan fingerprint density at radius 1 is 0.955 bits per heavy atom. The van der Waals surface area contributed by atoms with Crippen LogP contribution in [0.3, 0.4) is 0 Å². The molecule has 4 nitrogen and oxygen atoms in total. The van der Waals surface area contributed by atoms with Crippen LogP contribution in [0.2, 0.25) is 0 Å². The normalized spacial score (nSPS) is 11.0. The average Bonchev–Trinajstić information content (AvgIpc) is 2.97. The Hall–Kier alpha value is -3.01. The molecule has 0 aliphatic carbocycles. The van der Waals surface area contributed by atoms with Gasteiger partial charge in [0.1, 0.15) is 0 Å². The van der Waals surface area contributed by atoms with Gasteiger partial charge in [0.05, 0.1) is 11.4 Å². The fourth-order valence-corrected chi connectivity index (χ4v) is 2.16. The van der Waals surface area contributed by atoms with Crippen LogP contribution in [-0.4, -0.2) is 21.3 Å². The van der Waals surface area contributed by atoms with Crippen LogP contribution in [0.5, 0.6) is 0 Å². The summed E-state index contributed by atoms with van der Waals surface area (Å²) in [7, 11) is 0. The minimum atomic E-state index is 0.327. The van der Waals surface area contributed by atoms with Crippen molar-refractivity contribution in [3.05, 3.63) is 77.1 Å². The summed E-state index contributed by atoms with van der Waals surface area (Å²) in [6, 6.07) is 17.8. The third kappa shape index (κ3) is 2.86. The summed E-state index contributed by atoms with van der Waals surface area (Å²) in [5, 5.41) is 8.02. The average molecular weight is 289 g/mol. The maximum atomic E-state index is 11.2. The molecule has 0 atom stereocenters. The van der Waals surface area contributed by atoms with Crippen molar-refractivity contribution in [2.45, 2.75) is 6.92 Å². The van der Waals surface area contributed by atoms with Crippen LogP contribution >= 0.6 is 0 Å². The van der Waals surface area contributed by atoms with Gasteiger partial charge < -0.3 is 0 Å². The second-order valence-electron chi connectivity index (χ2n) is 4.97. The van der Waals surface area contributed by atoms with Gasteiger partial charge in [-0.2, -0.15) is 0 Å². The van der Waals surface area contributed by atoms with Gasteiger partial charge in [0, 0.05) is 0 Å². The van der Waals surface area contributed by atoms with Crippen molar-refractivity contribution < 1.29 is 4.79 Å². The number of aromatic nitrogens is 3. The van der Waals surface area contributed by atoms with Gasteiger partial charge in [0.25, 0.3) is 0 Å². The van der Waals surface area contributed by atoms with Crippen molar-refractivity contribution in [3.8, 4) is 5.69 Å². The predicted octanol–water partition coefficient (Wildman–Crippen LogP) is 3.56. The largest absolute Gasteiger partial charge is 0.296 e. The number of hydrogen-bond acceptors (Lipinski definition) is 3. The molecule has 1 heterocycles. The summed E-state index contributed by atoms with van der Waals surface area (Å²) in [6.07, 6.45) is 4.53. The van der Waals surface area contributed by atoms with Gasteiger partial charge in [-0.05, 0) is 30.7 Å². The second-order valence-corrected chi connectivity index (χ2v) is 4.97. The maximum absolute atomic E-state index is 11.2. The monoisotopic (exact) mass is 289 g/mol. The number of aldehydes is 1. The van der Waals surface area contributed by atoms with Crippen LogP contribution in [0.25, 0.3) is 17.8 Å². The van der Waals surface area contributed by atoms with E-state index in [4.69, 9.17) is 0 Å². The molecule has 3 aromatic rings. The van der Waals surface area contributed by atoms with Crippen LogP contribution in [0.15, 0.2) is 54.6 Å². The molecule has 0 aliphatic heterocycles. The van der Waals surface area contributed by atoms with Crippen LogP contribution < -0.4 is 0 Å². The van der Waals surface area contributed by atoms with Crippen LogP contribution in [0.1, 0.15) is 27.3 Å². The molecule has 0 aliphatic rings. The van der Waals surface area contributed by atoms with E-state index in [0.717, 1.165) is 17.5 Å². The van der Waals surface area contributed by atoms with Crippen molar-refractivity contribution in [2.24, 2.45) is 0 Å². The third-order valence-electron chi connectivity index (χ3n) is 3.36. The van der Waals surface area contributed by atoms with Crippen LogP contribution in [0, 0.1) is 6.92 Å². The van der Waals surface area contributed by atoms with E-state index in [1.165, 1.54) is 5.56 Å². The summed E-state index contributed by atoms with van der Waals surface area (Å²) in [5.41, 5.74) is 4.09. The summed E-state index contributed by atoms with van der Waals surface area (Å²) in [5.74, 6) is 0. The summed E-state index contributed by atoms with van der Waals surface area (Å²) in [4.78, 5) is 11.2. The Labute approximate surface area is 128 Å². The van der Waals surface area contributed by atoms with Crippen molar-refractivity contribution in [1.29, 1.82) is 0 Å². The van der Waals surface area contributed by atoms with E-state index in [1.807, 2.05) is 73.7 Å².